The van der Waals surface area contributed by atoms with Crippen LogP contribution in [0, 0.1) is 0 Å². The number of aromatic nitrogens is 1. The largest absolute Gasteiger partial charge is 0.476 e. The summed E-state index contributed by atoms with van der Waals surface area (Å²) < 4.78 is 30.1. The molecule has 2 rings (SSSR count). The Labute approximate surface area is 124 Å². The van der Waals surface area contributed by atoms with Crippen LogP contribution >= 0.6 is 11.3 Å². The van der Waals surface area contributed by atoms with Crippen molar-refractivity contribution in [3.63, 3.8) is 0 Å². The third kappa shape index (κ3) is 3.14. The number of nitrogens with zero attached hydrogens (tertiary/aromatic N) is 2. The lowest BCUT2D eigenvalue weighted by Gasteiger charge is -2.16. The normalized spacial score (nSPS) is 19.4. The topological polar surface area (TPSA) is 126 Å². The van der Waals surface area contributed by atoms with Crippen molar-refractivity contribution >= 4 is 33.4 Å². The number of alkyl carbamates (subject to hydrolysis) is 1. The molecule has 0 aromatic carbocycles. The maximum absolute atomic E-state index is 12.4. The van der Waals surface area contributed by atoms with Crippen molar-refractivity contribution in [3.05, 3.63) is 11.2 Å². The molecular weight excluding hydrogens is 322 g/mol. The van der Waals surface area contributed by atoms with Crippen molar-refractivity contribution < 1.29 is 27.9 Å². The maximum Gasteiger partial charge on any atom is 0.407 e. The zero-order chi connectivity index (χ0) is 15.6. The highest BCUT2D eigenvalue weighted by Gasteiger charge is 2.37. The Balaban J connectivity index is 2.16. The molecule has 1 saturated heterocycles. The van der Waals surface area contributed by atoms with Crippen LogP contribution in [-0.2, 0) is 14.8 Å². The van der Waals surface area contributed by atoms with Gasteiger partial charge in [0.05, 0.1) is 12.6 Å². The van der Waals surface area contributed by atoms with Crippen LogP contribution < -0.4 is 5.32 Å². The molecule has 1 aromatic heterocycles. The van der Waals surface area contributed by atoms with Crippen LogP contribution in [-0.4, -0.2) is 61.1 Å². The highest BCUT2D eigenvalue weighted by molar-refractivity contribution is 7.91. The number of sulfonamides is 1. The standard InChI is InChI=1S/C10H13N3O6S2/c1-19-10(16)12-6-2-3-13(4-6)21(17,18)9-7(8(14)15)11-5-20-9/h5-6H,2-4H2,1H3,(H,12,16)(H,14,15). The summed E-state index contributed by atoms with van der Waals surface area (Å²) in [6, 6.07) is -0.367. The number of carboxylic acids is 1. The minimum absolute atomic E-state index is 0.0639. The molecule has 2 heterocycles. The third-order valence-electron chi connectivity index (χ3n) is 2.97. The van der Waals surface area contributed by atoms with Gasteiger partial charge in [0.1, 0.15) is 0 Å². The quantitative estimate of drug-likeness (QED) is 0.790. The van der Waals surface area contributed by atoms with Gasteiger partial charge in [-0.2, -0.15) is 4.31 Å². The number of thiazole rings is 1. The fraction of sp³-hybridized carbons (Fsp3) is 0.500. The monoisotopic (exact) mass is 335 g/mol. The summed E-state index contributed by atoms with van der Waals surface area (Å²) in [5.41, 5.74) is 0.695. The number of hydrogen-bond acceptors (Lipinski definition) is 7. The van der Waals surface area contributed by atoms with E-state index in [1.54, 1.807) is 0 Å². The SMILES string of the molecule is COC(=O)NC1CCN(S(=O)(=O)c2scnc2C(=O)O)C1. The van der Waals surface area contributed by atoms with Crippen LogP contribution in [0.3, 0.4) is 0 Å². The summed E-state index contributed by atoms with van der Waals surface area (Å²) in [7, 11) is -2.71. The number of carbonyl (C=O) groups is 2. The summed E-state index contributed by atoms with van der Waals surface area (Å²) >= 11 is 0.758. The number of methoxy groups -OCH3 is 1. The molecule has 0 radical (unpaired) electrons. The molecule has 2 N–H and O–H groups in total. The van der Waals surface area contributed by atoms with Crippen molar-refractivity contribution in [1.29, 1.82) is 0 Å². The van der Waals surface area contributed by atoms with Gasteiger partial charge in [-0.3, -0.25) is 0 Å². The van der Waals surface area contributed by atoms with Gasteiger partial charge in [-0.15, -0.1) is 11.3 Å². The zero-order valence-electron chi connectivity index (χ0n) is 11.0. The van der Waals surface area contributed by atoms with Gasteiger partial charge in [-0.25, -0.2) is 23.0 Å². The van der Waals surface area contributed by atoms with E-state index < -0.39 is 27.8 Å². The molecule has 9 nitrogen and oxygen atoms in total. The maximum atomic E-state index is 12.4. The molecule has 0 aliphatic carbocycles. The molecule has 1 amide bonds. The van der Waals surface area contributed by atoms with Crippen molar-refractivity contribution in [1.82, 2.24) is 14.6 Å². The van der Waals surface area contributed by atoms with Crippen molar-refractivity contribution in [2.75, 3.05) is 20.2 Å². The Hall–Kier alpha value is -1.72. The minimum Gasteiger partial charge on any atom is -0.476 e. The molecule has 1 aliphatic heterocycles. The lowest BCUT2D eigenvalue weighted by atomic mass is 10.3. The van der Waals surface area contributed by atoms with Crippen molar-refractivity contribution in [3.8, 4) is 0 Å². The number of amides is 1. The van der Waals surface area contributed by atoms with Gasteiger partial charge in [0, 0.05) is 19.1 Å². The van der Waals surface area contributed by atoms with E-state index in [-0.39, 0.29) is 23.3 Å². The Morgan fingerprint density at radius 2 is 2.29 bits per heavy atom. The molecule has 0 bridgehead atoms. The van der Waals surface area contributed by atoms with Crippen LogP contribution in [0.5, 0.6) is 0 Å². The number of ether oxygens (including phenoxy) is 1. The first-order valence-electron chi connectivity index (χ1n) is 5.87. The van der Waals surface area contributed by atoms with Crippen LogP contribution in [0.2, 0.25) is 0 Å². The van der Waals surface area contributed by atoms with Gasteiger partial charge < -0.3 is 15.2 Å². The van der Waals surface area contributed by atoms with E-state index >= 15 is 0 Å². The minimum atomic E-state index is -3.93. The van der Waals surface area contributed by atoms with E-state index in [4.69, 9.17) is 5.11 Å². The molecular formula is C10H13N3O6S2. The van der Waals surface area contributed by atoms with E-state index in [0.29, 0.717) is 6.42 Å². The first-order chi connectivity index (χ1) is 9.86. The van der Waals surface area contributed by atoms with Gasteiger partial charge in [0.2, 0.25) is 0 Å². The van der Waals surface area contributed by atoms with Gasteiger partial charge in [-0.05, 0) is 6.42 Å². The van der Waals surface area contributed by atoms with E-state index in [1.807, 2.05) is 0 Å². The molecule has 1 fully saturated rings. The first kappa shape index (κ1) is 15.7. The molecule has 1 atom stereocenters. The van der Waals surface area contributed by atoms with E-state index in [2.05, 4.69) is 15.0 Å². The van der Waals surface area contributed by atoms with Gasteiger partial charge in [0.15, 0.2) is 9.90 Å². The lowest BCUT2D eigenvalue weighted by Crippen LogP contribution is -2.38. The summed E-state index contributed by atoms with van der Waals surface area (Å²) in [5.74, 6) is -1.39. The molecule has 11 heteroatoms. The van der Waals surface area contributed by atoms with E-state index in [9.17, 15) is 18.0 Å². The fourth-order valence-electron chi connectivity index (χ4n) is 1.97. The smallest absolute Gasteiger partial charge is 0.407 e. The van der Waals surface area contributed by atoms with Gasteiger partial charge in [0.25, 0.3) is 10.0 Å². The number of nitrogens with one attached hydrogen (secondary N) is 1. The zero-order valence-corrected chi connectivity index (χ0v) is 12.6. The summed E-state index contributed by atoms with van der Waals surface area (Å²) in [6.07, 6.45) is -0.210. The van der Waals surface area contributed by atoms with Crippen LogP contribution in [0.1, 0.15) is 16.9 Å². The highest BCUT2D eigenvalue weighted by atomic mass is 32.2. The second-order valence-corrected chi connectivity index (χ2v) is 7.27. The summed E-state index contributed by atoms with van der Waals surface area (Å²) in [5, 5.41) is 11.5. The molecule has 0 saturated carbocycles. The number of carbonyl (C=O) groups excluding carboxylic acids is 1. The molecule has 21 heavy (non-hydrogen) atoms. The number of hydrogen-bond donors (Lipinski definition) is 2. The molecule has 1 aliphatic rings. The predicted octanol–water partition coefficient (Wildman–Crippen LogP) is -0.0397. The first-order valence-corrected chi connectivity index (χ1v) is 8.19. The van der Waals surface area contributed by atoms with Gasteiger partial charge in [-0.1, -0.05) is 0 Å². The predicted molar refractivity (Wildman–Crippen MR) is 71.8 cm³/mol. The average Bonchev–Trinajstić information content (AvgIpc) is 3.07. The summed E-state index contributed by atoms with van der Waals surface area (Å²) in [6.45, 7) is 0.252. The van der Waals surface area contributed by atoms with Crippen molar-refractivity contribution in [2.45, 2.75) is 16.7 Å². The van der Waals surface area contributed by atoms with Crippen LogP contribution in [0.4, 0.5) is 4.79 Å². The third-order valence-corrected chi connectivity index (χ3v) is 6.18. The van der Waals surface area contributed by atoms with Crippen LogP contribution in [0.25, 0.3) is 0 Å². The van der Waals surface area contributed by atoms with Crippen LogP contribution in [0.15, 0.2) is 9.72 Å². The second kappa shape index (κ2) is 5.95. The molecule has 0 spiro atoms. The van der Waals surface area contributed by atoms with E-state index in [0.717, 1.165) is 15.6 Å². The Morgan fingerprint density at radius 3 is 2.90 bits per heavy atom. The van der Waals surface area contributed by atoms with Crippen molar-refractivity contribution in [2.24, 2.45) is 0 Å². The Kier molecular flexibility index (Phi) is 4.44. The molecule has 1 aromatic rings. The Bertz CT molecular complexity index is 656. The summed E-state index contributed by atoms with van der Waals surface area (Å²) in [4.78, 5) is 25.6. The Morgan fingerprint density at radius 1 is 1.57 bits per heavy atom. The number of aromatic carboxylic acids is 1. The second-order valence-electron chi connectivity index (χ2n) is 4.28. The lowest BCUT2D eigenvalue weighted by molar-refractivity contribution is 0.0687. The molecule has 116 valence electrons. The number of carboxylic acid groups (broad SMARTS) is 1. The highest BCUT2D eigenvalue weighted by Crippen LogP contribution is 2.27. The van der Waals surface area contributed by atoms with E-state index in [1.165, 1.54) is 12.6 Å². The van der Waals surface area contributed by atoms with Gasteiger partial charge >= 0.3 is 12.1 Å². The fourth-order valence-corrected chi connectivity index (χ4v) is 4.75. The average molecular weight is 335 g/mol. The molecule has 1 unspecified atom stereocenters. The number of rotatable bonds is 4.